The van der Waals surface area contributed by atoms with E-state index in [9.17, 15) is 0 Å². The van der Waals surface area contributed by atoms with Crippen molar-refractivity contribution < 1.29 is 16.4 Å². The minimum absolute atomic E-state index is 0. The summed E-state index contributed by atoms with van der Waals surface area (Å²) in [6.45, 7) is 0. The van der Waals surface area contributed by atoms with Gasteiger partial charge in [0.05, 0.1) is 0 Å². The van der Waals surface area contributed by atoms with Crippen LogP contribution in [0.2, 0.25) is 0 Å². The second-order valence-corrected chi connectivity index (χ2v) is 25.9. The van der Waals surface area contributed by atoms with Crippen LogP contribution >= 0.6 is 35.7 Å². The second kappa shape index (κ2) is 8.84. The van der Waals surface area contributed by atoms with Crippen molar-refractivity contribution in [3.8, 4) is 0 Å². The van der Waals surface area contributed by atoms with E-state index in [4.69, 9.17) is 35.7 Å². The Balaban J connectivity index is -0.0000000267. The topological polar surface area (TPSA) is 94.5 Å². The van der Waals surface area contributed by atoms with E-state index in [1.807, 2.05) is 0 Å². The Hall–Kier alpha value is 1.84. The van der Waals surface area contributed by atoms with Gasteiger partial charge >= 0.3 is 49.6 Å². The maximum atomic E-state index is 5.04. The Morgan fingerprint density at radius 3 is 0.625 bits per heavy atom. The van der Waals surface area contributed by atoms with Crippen molar-refractivity contribution >= 4 is 49.6 Å². The van der Waals surface area contributed by atoms with Crippen LogP contribution in [0.15, 0.2) is 0 Å². The number of rotatable bonds is 0. The molecule has 0 aromatic rings. The molecule has 0 spiro atoms. The van der Waals surface area contributed by atoms with Gasteiger partial charge in [-0.1, -0.05) is 0 Å². The second-order valence-electron chi connectivity index (χ2n) is 0.429. The van der Waals surface area contributed by atoms with Gasteiger partial charge in [0, 0.05) is 0 Å². The van der Waals surface area contributed by atoms with Crippen LogP contribution in [-0.4, -0.2) is 30.3 Å². The van der Waals surface area contributed by atoms with E-state index < -0.39 is 13.9 Å². The van der Waals surface area contributed by atoms with E-state index in [1.54, 1.807) is 0 Å². The van der Waals surface area contributed by atoms with Crippen molar-refractivity contribution in [1.82, 2.24) is 0 Å². The van der Waals surface area contributed by atoms with Gasteiger partial charge in [0.2, 0.25) is 0 Å². The van der Waals surface area contributed by atoms with Crippen molar-refractivity contribution in [2.45, 2.75) is 0 Å². The van der Waals surface area contributed by atoms with Crippen molar-refractivity contribution in [1.29, 1.82) is 0 Å². The Kier molecular flexibility index (Phi) is 24.9. The summed E-state index contributed by atoms with van der Waals surface area (Å²) in [6.07, 6.45) is 0. The van der Waals surface area contributed by atoms with Crippen molar-refractivity contribution in [3.05, 3.63) is 0 Å². The Morgan fingerprint density at radius 1 is 0.625 bits per heavy atom. The normalized spacial score (nSPS) is 7.50. The van der Waals surface area contributed by atoms with Crippen molar-refractivity contribution in [2.24, 2.45) is 0 Å². The van der Waals surface area contributed by atoms with Gasteiger partial charge in [0.15, 0.2) is 0 Å². The van der Waals surface area contributed by atoms with Crippen LogP contribution in [0.1, 0.15) is 0 Å². The molecular weight excluding hydrogens is 309 g/mol. The number of halogens is 4. The fourth-order valence-electron chi connectivity index (χ4n) is 0. The number of hydrogen-bond donors (Lipinski definition) is 0. The molecule has 0 aliphatic heterocycles. The van der Waals surface area contributed by atoms with Gasteiger partial charge in [-0.2, -0.15) is 0 Å². The first-order valence-electron chi connectivity index (χ1n) is 0.756. The van der Waals surface area contributed by atoms with E-state index >= 15 is 0 Å². The monoisotopic (exact) mass is 314 g/mol. The standard InChI is InChI=1S/4ClH.3H2O.Sn/h4*1H;3*1H2;/q;;;;;;;+4/p-4. The molecule has 6 N–H and O–H groups in total. The molecule has 0 aliphatic carbocycles. The molecule has 0 bridgehead atoms. The van der Waals surface area contributed by atoms with Gasteiger partial charge < -0.3 is 16.4 Å². The summed E-state index contributed by atoms with van der Waals surface area (Å²) >= 11 is -3.29. The molecule has 3 nitrogen and oxygen atoms in total. The van der Waals surface area contributed by atoms with E-state index in [-0.39, 0.29) is 16.4 Å². The maximum absolute atomic E-state index is 5.04. The zero-order valence-electron chi connectivity index (χ0n) is 3.51. The molecule has 0 radical (unpaired) electrons. The third-order valence-corrected chi connectivity index (χ3v) is 0. The molecule has 0 aromatic carbocycles. The van der Waals surface area contributed by atoms with Gasteiger partial charge in [-0.25, -0.2) is 0 Å². The van der Waals surface area contributed by atoms with Crippen LogP contribution in [0.5, 0.6) is 0 Å². The predicted molar refractivity (Wildman–Crippen MR) is 40.0 cm³/mol. The first kappa shape index (κ1) is 22.5. The molecule has 8 heteroatoms. The summed E-state index contributed by atoms with van der Waals surface area (Å²) in [6, 6.07) is 0. The van der Waals surface area contributed by atoms with Crippen LogP contribution < -0.4 is 0 Å². The van der Waals surface area contributed by atoms with Crippen molar-refractivity contribution in [2.75, 3.05) is 0 Å². The molecule has 0 saturated carbocycles. The molecule has 0 unspecified atom stereocenters. The van der Waals surface area contributed by atoms with Gasteiger partial charge in [0.25, 0.3) is 0 Å². The first-order chi connectivity index (χ1) is 2.00. The van der Waals surface area contributed by atoms with Crippen molar-refractivity contribution in [3.63, 3.8) is 0 Å². The quantitative estimate of drug-likeness (QED) is 0.558. The summed E-state index contributed by atoms with van der Waals surface area (Å²) in [4.78, 5) is 0. The Labute approximate surface area is 65.5 Å². The minimum atomic E-state index is -3.29. The van der Waals surface area contributed by atoms with E-state index in [0.717, 1.165) is 0 Å². The van der Waals surface area contributed by atoms with Crippen LogP contribution in [0.3, 0.4) is 0 Å². The molecule has 0 aliphatic rings. The molecule has 8 heavy (non-hydrogen) atoms. The zero-order chi connectivity index (χ0) is 4.50. The van der Waals surface area contributed by atoms with Gasteiger partial charge in [-0.3, -0.25) is 0 Å². The molecule has 0 aromatic heterocycles. The Bertz CT molecular complexity index is 26.8. The average Bonchev–Trinajstić information content (AvgIpc) is 0.722. The van der Waals surface area contributed by atoms with Gasteiger partial charge in [0.1, 0.15) is 0 Å². The third kappa shape index (κ3) is 108. The summed E-state index contributed by atoms with van der Waals surface area (Å²) in [7, 11) is 20.1. The molecule has 0 saturated heterocycles. The van der Waals surface area contributed by atoms with E-state index in [0.29, 0.717) is 0 Å². The average molecular weight is 315 g/mol. The molecular formula is H6Cl4O3Sn. The summed E-state index contributed by atoms with van der Waals surface area (Å²) < 4.78 is 0. The fourth-order valence-corrected chi connectivity index (χ4v) is 0. The van der Waals surface area contributed by atoms with Crippen LogP contribution in [0.25, 0.3) is 0 Å². The third-order valence-electron chi connectivity index (χ3n) is 0. The SMILES string of the molecule is O.O.O.[Cl][Sn]([Cl])([Cl])[Cl]. The molecule has 0 heterocycles. The summed E-state index contributed by atoms with van der Waals surface area (Å²) in [5.41, 5.74) is 0. The predicted octanol–water partition coefficient (Wildman–Crippen LogP) is -0.0969. The molecule has 0 amide bonds. The molecule has 0 fully saturated rings. The summed E-state index contributed by atoms with van der Waals surface area (Å²) in [5.74, 6) is 0. The Morgan fingerprint density at radius 2 is 0.625 bits per heavy atom. The van der Waals surface area contributed by atoms with Crippen LogP contribution in [-0.2, 0) is 0 Å². The first-order valence-corrected chi connectivity index (χ1v) is 15.2. The van der Waals surface area contributed by atoms with E-state index in [2.05, 4.69) is 0 Å². The van der Waals surface area contributed by atoms with Gasteiger partial charge in [-0.15, -0.1) is 0 Å². The van der Waals surface area contributed by atoms with Gasteiger partial charge in [-0.05, 0) is 0 Å². The van der Waals surface area contributed by atoms with Crippen LogP contribution in [0, 0.1) is 0 Å². The zero-order valence-corrected chi connectivity index (χ0v) is 9.39. The molecule has 0 atom stereocenters. The van der Waals surface area contributed by atoms with Crippen LogP contribution in [0.4, 0.5) is 0 Å². The molecule has 0 rings (SSSR count). The number of hydrogen-bond acceptors (Lipinski definition) is 0. The summed E-state index contributed by atoms with van der Waals surface area (Å²) in [5, 5.41) is 0. The van der Waals surface area contributed by atoms with E-state index in [1.165, 1.54) is 0 Å². The molecule has 56 valence electrons. The fraction of sp³-hybridized carbons (Fsp3) is 0.